The van der Waals surface area contributed by atoms with Crippen LogP contribution in [0, 0.1) is 5.82 Å². The molecule has 1 amide bonds. The number of benzene rings is 1. The van der Waals surface area contributed by atoms with Gasteiger partial charge < -0.3 is 15.2 Å². The first-order valence-electron chi connectivity index (χ1n) is 4.98. The highest BCUT2D eigenvalue weighted by Gasteiger charge is 2.19. The lowest BCUT2D eigenvalue weighted by Crippen LogP contribution is -2.43. The average Bonchev–Trinajstić information content (AvgIpc) is 2.28. The molecule has 0 radical (unpaired) electrons. The van der Waals surface area contributed by atoms with E-state index in [-0.39, 0.29) is 17.4 Å². The molecular weight excluding hydrogens is 265 g/mol. The van der Waals surface area contributed by atoms with Gasteiger partial charge in [-0.05, 0) is 12.1 Å². The van der Waals surface area contributed by atoms with Crippen molar-refractivity contribution in [1.29, 1.82) is 0 Å². The molecule has 2 N–H and O–H groups in total. The summed E-state index contributed by atoms with van der Waals surface area (Å²) in [5.74, 6) is -2.08. The molecule has 18 heavy (non-hydrogen) atoms. The van der Waals surface area contributed by atoms with E-state index in [1.807, 2.05) is 0 Å². The van der Waals surface area contributed by atoms with Crippen molar-refractivity contribution in [2.24, 2.45) is 0 Å². The number of halogens is 2. The maximum absolute atomic E-state index is 12.9. The Balaban J connectivity index is 2.64. The number of aliphatic carboxylic acids is 1. The number of rotatable bonds is 5. The van der Waals surface area contributed by atoms with E-state index in [2.05, 4.69) is 5.32 Å². The number of carbonyl (C=O) groups excluding carboxylic acids is 1. The van der Waals surface area contributed by atoms with Gasteiger partial charge in [-0.15, -0.1) is 0 Å². The minimum Gasteiger partial charge on any atom is -0.491 e. The summed E-state index contributed by atoms with van der Waals surface area (Å²) in [4.78, 5) is 21.6. The monoisotopic (exact) mass is 275 g/mol. The van der Waals surface area contributed by atoms with E-state index in [1.165, 1.54) is 19.1 Å². The fraction of sp³-hybridized carbons (Fsp3) is 0.273. The molecule has 0 aliphatic rings. The molecule has 1 aromatic carbocycles. The van der Waals surface area contributed by atoms with Gasteiger partial charge in [-0.25, -0.2) is 9.18 Å². The molecule has 1 unspecified atom stereocenters. The van der Waals surface area contributed by atoms with Gasteiger partial charge in [0.2, 0.25) is 5.91 Å². The fourth-order valence-corrected chi connectivity index (χ4v) is 1.34. The summed E-state index contributed by atoms with van der Waals surface area (Å²) in [7, 11) is 0. The molecule has 0 spiro atoms. The number of carbonyl (C=O) groups is 2. The van der Waals surface area contributed by atoms with E-state index in [4.69, 9.17) is 21.4 Å². The van der Waals surface area contributed by atoms with E-state index >= 15 is 0 Å². The predicted molar refractivity (Wildman–Crippen MR) is 62.1 cm³/mol. The minimum absolute atomic E-state index is 0.126. The molecule has 0 saturated carbocycles. The van der Waals surface area contributed by atoms with Crippen molar-refractivity contribution in [3.63, 3.8) is 0 Å². The van der Waals surface area contributed by atoms with E-state index in [9.17, 15) is 14.0 Å². The average molecular weight is 276 g/mol. The first kappa shape index (κ1) is 14.2. The Bertz CT molecular complexity index is 466. The minimum atomic E-state index is -1.22. The standard InChI is InChI=1S/C11H11ClFNO4/c1-6(15)14-10(11(16)17)5-18-7-2-3-9(13)8(12)4-7/h2-4,10H,5H2,1H3,(H,14,15)(H,16,17). The van der Waals surface area contributed by atoms with Gasteiger partial charge in [-0.2, -0.15) is 0 Å². The van der Waals surface area contributed by atoms with Crippen molar-refractivity contribution >= 4 is 23.5 Å². The van der Waals surface area contributed by atoms with Crippen LogP contribution >= 0.6 is 11.6 Å². The summed E-state index contributed by atoms with van der Waals surface area (Å²) >= 11 is 5.53. The molecule has 0 saturated heterocycles. The molecule has 0 bridgehead atoms. The maximum Gasteiger partial charge on any atom is 0.329 e. The van der Waals surface area contributed by atoms with Gasteiger partial charge in [0, 0.05) is 13.0 Å². The van der Waals surface area contributed by atoms with E-state index in [1.54, 1.807) is 0 Å². The van der Waals surface area contributed by atoms with Crippen molar-refractivity contribution in [3.05, 3.63) is 29.0 Å². The lowest BCUT2D eigenvalue weighted by Gasteiger charge is -2.14. The van der Waals surface area contributed by atoms with Crippen LogP contribution in [0.25, 0.3) is 0 Å². The summed E-state index contributed by atoms with van der Waals surface area (Å²) < 4.78 is 18.0. The Hall–Kier alpha value is -1.82. The molecule has 1 rings (SSSR count). The van der Waals surface area contributed by atoms with E-state index in [0.717, 1.165) is 6.07 Å². The van der Waals surface area contributed by atoms with Crippen LogP contribution in [0.5, 0.6) is 5.75 Å². The second-order valence-corrected chi connectivity index (χ2v) is 3.89. The van der Waals surface area contributed by atoms with Crippen molar-refractivity contribution < 1.29 is 23.8 Å². The first-order chi connectivity index (χ1) is 8.40. The molecular formula is C11H11ClFNO4. The van der Waals surface area contributed by atoms with E-state index in [0.29, 0.717) is 0 Å². The van der Waals surface area contributed by atoms with Crippen LogP contribution in [0.2, 0.25) is 5.02 Å². The Morgan fingerprint density at radius 2 is 2.22 bits per heavy atom. The molecule has 5 nitrogen and oxygen atoms in total. The molecule has 1 atom stereocenters. The lowest BCUT2D eigenvalue weighted by atomic mass is 10.3. The second kappa shape index (κ2) is 6.20. The number of hydrogen-bond acceptors (Lipinski definition) is 3. The second-order valence-electron chi connectivity index (χ2n) is 3.48. The summed E-state index contributed by atoms with van der Waals surface area (Å²) in [6.45, 7) is 0.918. The molecule has 7 heteroatoms. The summed E-state index contributed by atoms with van der Waals surface area (Å²) in [6.07, 6.45) is 0. The molecule has 0 fully saturated rings. The van der Waals surface area contributed by atoms with Gasteiger partial charge in [0.1, 0.15) is 18.2 Å². The third-order valence-corrected chi connectivity index (χ3v) is 2.27. The SMILES string of the molecule is CC(=O)NC(COc1ccc(F)c(Cl)c1)C(=O)O. The number of carboxylic acids is 1. The Labute approximate surface area is 108 Å². The molecule has 0 aromatic heterocycles. The largest absolute Gasteiger partial charge is 0.491 e. The first-order valence-corrected chi connectivity index (χ1v) is 5.35. The van der Waals surface area contributed by atoms with Gasteiger partial charge in [0.05, 0.1) is 5.02 Å². The molecule has 1 aromatic rings. The van der Waals surface area contributed by atoms with Gasteiger partial charge in [0.15, 0.2) is 6.04 Å². The molecule has 0 aliphatic carbocycles. The van der Waals surface area contributed by atoms with Crippen molar-refractivity contribution in [3.8, 4) is 5.75 Å². The van der Waals surface area contributed by atoms with Crippen molar-refractivity contribution in [2.45, 2.75) is 13.0 Å². The van der Waals surface area contributed by atoms with Gasteiger partial charge >= 0.3 is 5.97 Å². The molecule has 0 aliphatic heterocycles. The number of ether oxygens (including phenoxy) is 1. The smallest absolute Gasteiger partial charge is 0.329 e. The van der Waals surface area contributed by atoms with Gasteiger partial charge in [-0.3, -0.25) is 4.79 Å². The van der Waals surface area contributed by atoms with Crippen LogP contribution in [0.1, 0.15) is 6.92 Å². The van der Waals surface area contributed by atoms with Crippen LogP contribution in [0.15, 0.2) is 18.2 Å². The third-order valence-electron chi connectivity index (χ3n) is 1.98. The topological polar surface area (TPSA) is 75.6 Å². The van der Waals surface area contributed by atoms with Crippen LogP contribution in [0.4, 0.5) is 4.39 Å². The summed E-state index contributed by atoms with van der Waals surface area (Å²) in [6, 6.07) is 2.47. The van der Waals surface area contributed by atoms with Crippen LogP contribution in [-0.2, 0) is 9.59 Å². The van der Waals surface area contributed by atoms with Crippen LogP contribution in [0.3, 0.4) is 0 Å². The summed E-state index contributed by atoms with van der Waals surface area (Å²) in [5, 5.41) is 10.9. The zero-order chi connectivity index (χ0) is 13.7. The predicted octanol–water partition coefficient (Wildman–Crippen LogP) is 1.45. The Morgan fingerprint density at radius 1 is 1.56 bits per heavy atom. The Morgan fingerprint density at radius 3 is 2.72 bits per heavy atom. The van der Waals surface area contributed by atoms with Gasteiger partial charge in [0.25, 0.3) is 0 Å². The number of hydrogen-bond donors (Lipinski definition) is 2. The van der Waals surface area contributed by atoms with E-state index < -0.39 is 23.7 Å². The third kappa shape index (κ3) is 4.21. The lowest BCUT2D eigenvalue weighted by molar-refractivity contribution is -0.142. The van der Waals surface area contributed by atoms with Crippen molar-refractivity contribution in [2.75, 3.05) is 6.61 Å². The number of nitrogens with one attached hydrogen (secondary N) is 1. The summed E-state index contributed by atoms with van der Waals surface area (Å²) in [5.41, 5.74) is 0. The fourth-order valence-electron chi connectivity index (χ4n) is 1.17. The van der Waals surface area contributed by atoms with Crippen LogP contribution in [-0.4, -0.2) is 29.6 Å². The van der Waals surface area contributed by atoms with Crippen molar-refractivity contribution in [1.82, 2.24) is 5.32 Å². The number of carboxylic acid groups (broad SMARTS) is 1. The molecule has 98 valence electrons. The van der Waals surface area contributed by atoms with Gasteiger partial charge in [-0.1, -0.05) is 11.6 Å². The quantitative estimate of drug-likeness (QED) is 0.853. The zero-order valence-electron chi connectivity index (χ0n) is 9.44. The highest BCUT2D eigenvalue weighted by atomic mass is 35.5. The number of amides is 1. The Kier molecular flexibility index (Phi) is 4.91. The molecule has 0 heterocycles. The highest BCUT2D eigenvalue weighted by Crippen LogP contribution is 2.21. The normalized spacial score (nSPS) is 11.7. The highest BCUT2D eigenvalue weighted by molar-refractivity contribution is 6.30. The maximum atomic E-state index is 12.9. The van der Waals surface area contributed by atoms with Crippen LogP contribution < -0.4 is 10.1 Å². The zero-order valence-corrected chi connectivity index (χ0v) is 10.2.